The van der Waals surface area contributed by atoms with Crippen molar-refractivity contribution in [3.05, 3.63) is 18.5 Å². The van der Waals surface area contributed by atoms with Crippen LogP contribution in [0.5, 0.6) is 0 Å². The molecule has 2 atom stereocenters. The highest BCUT2D eigenvalue weighted by Gasteiger charge is 2.22. The molecule has 0 aliphatic carbocycles. The number of hydrogen-bond donors (Lipinski definition) is 3. The van der Waals surface area contributed by atoms with E-state index < -0.39 is 6.04 Å². The molecule has 0 saturated carbocycles. The molecule has 116 valence electrons. The molecule has 1 aliphatic heterocycles. The summed E-state index contributed by atoms with van der Waals surface area (Å²) in [7, 11) is 0. The lowest BCUT2D eigenvalue weighted by atomic mass is 10.1. The normalized spacial score (nSPS) is 20.4. The molecule has 21 heavy (non-hydrogen) atoms. The van der Waals surface area contributed by atoms with E-state index in [9.17, 15) is 9.59 Å². The van der Waals surface area contributed by atoms with Crippen LogP contribution in [0.1, 0.15) is 26.2 Å². The van der Waals surface area contributed by atoms with Crippen molar-refractivity contribution in [3.8, 4) is 0 Å². The average molecular weight is 293 g/mol. The SMILES string of the molecule is C[C@@H](Cn1cccn1)NCC(=O)N[C@@H]1CCCCNC1=O. The molecule has 0 aromatic carbocycles. The number of amides is 2. The van der Waals surface area contributed by atoms with E-state index in [1.807, 2.05) is 23.9 Å². The molecule has 1 aromatic heterocycles. The van der Waals surface area contributed by atoms with Gasteiger partial charge in [0.15, 0.2) is 0 Å². The minimum Gasteiger partial charge on any atom is -0.354 e. The fraction of sp³-hybridized carbons (Fsp3) is 0.643. The molecule has 0 spiro atoms. The molecule has 0 bridgehead atoms. The quantitative estimate of drug-likeness (QED) is 0.669. The number of carbonyl (C=O) groups excluding carboxylic acids is 2. The number of nitrogens with one attached hydrogen (secondary N) is 3. The highest BCUT2D eigenvalue weighted by molar-refractivity contribution is 5.88. The highest BCUT2D eigenvalue weighted by Crippen LogP contribution is 2.04. The van der Waals surface area contributed by atoms with E-state index in [4.69, 9.17) is 0 Å². The Bertz CT molecular complexity index is 460. The van der Waals surface area contributed by atoms with Crippen LogP contribution in [-0.2, 0) is 16.1 Å². The lowest BCUT2D eigenvalue weighted by Gasteiger charge is -2.17. The Morgan fingerprint density at radius 1 is 1.57 bits per heavy atom. The van der Waals surface area contributed by atoms with Gasteiger partial charge < -0.3 is 16.0 Å². The van der Waals surface area contributed by atoms with Crippen LogP contribution in [0.2, 0.25) is 0 Å². The van der Waals surface area contributed by atoms with Crippen LogP contribution >= 0.6 is 0 Å². The zero-order valence-corrected chi connectivity index (χ0v) is 12.3. The molecule has 1 aliphatic rings. The summed E-state index contributed by atoms with van der Waals surface area (Å²) < 4.78 is 1.81. The van der Waals surface area contributed by atoms with E-state index in [0.29, 0.717) is 19.5 Å². The number of aromatic nitrogens is 2. The summed E-state index contributed by atoms with van der Waals surface area (Å²) >= 11 is 0. The zero-order chi connectivity index (χ0) is 15.1. The second-order valence-electron chi connectivity index (χ2n) is 5.42. The second kappa shape index (κ2) is 7.78. The molecular weight excluding hydrogens is 270 g/mol. The third-order valence-electron chi connectivity index (χ3n) is 3.50. The van der Waals surface area contributed by atoms with Crippen LogP contribution in [0.25, 0.3) is 0 Å². The topological polar surface area (TPSA) is 88.1 Å². The third kappa shape index (κ3) is 5.18. The Kier molecular flexibility index (Phi) is 5.74. The van der Waals surface area contributed by atoms with Gasteiger partial charge in [-0.2, -0.15) is 5.10 Å². The summed E-state index contributed by atoms with van der Waals surface area (Å²) in [5, 5.41) is 12.9. The first-order valence-corrected chi connectivity index (χ1v) is 7.43. The first-order chi connectivity index (χ1) is 10.1. The van der Waals surface area contributed by atoms with Gasteiger partial charge in [-0.25, -0.2) is 0 Å². The van der Waals surface area contributed by atoms with Crippen molar-refractivity contribution in [3.63, 3.8) is 0 Å². The number of hydrogen-bond acceptors (Lipinski definition) is 4. The molecular formula is C14H23N5O2. The van der Waals surface area contributed by atoms with Crippen LogP contribution in [0.4, 0.5) is 0 Å². The van der Waals surface area contributed by atoms with Gasteiger partial charge in [-0.1, -0.05) is 0 Å². The van der Waals surface area contributed by atoms with E-state index in [2.05, 4.69) is 21.0 Å². The number of carbonyl (C=O) groups is 2. The predicted octanol–water partition coefficient (Wildman–Crippen LogP) is -0.354. The molecule has 1 aromatic rings. The minimum atomic E-state index is -0.400. The van der Waals surface area contributed by atoms with E-state index in [0.717, 1.165) is 12.8 Å². The van der Waals surface area contributed by atoms with E-state index in [1.165, 1.54) is 0 Å². The number of rotatable bonds is 6. The van der Waals surface area contributed by atoms with Crippen molar-refractivity contribution in [2.45, 2.75) is 44.8 Å². The maximum atomic E-state index is 11.9. The van der Waals surface area contributed by atoms with E-state index in [-0.39, 0.29) is 24.4 Å². The molecule has 7 heteroatoms. The summed E-state index contributed by atoms with van der Waals surface area (Å²) in [6.07, 6.45) is 6.24. The van der Waals surface area contributed by atoms with Crippen molar-refractivity contribution in [1.82, 2.24) is 25.7 Å². The maximum absolute atomic E-state index is 11.9. The molecule has 2 rings (SSSR count). The first-order valence-electron chi connectivity index (χ1n) is 7.43. The van der Waals surface area contributed by atoms with Gasteiger partial charge in [-0.3, -0.25) is 14.3 Å². The van der Waals surface area contributed by atoms with Gasteiger partial charge in [0.05, 0.1) is 13.1 Å². The van der Waals surface area contributed by atoms with E-state index >= 15 is 0 Å². The lowest BCUT2D eigenvalue weighted by molar-refractivity contribution is -0.128. The third-order valence-corrected chi connectivity index (χ3v) is 3.50. The van der Waals surface area contributed by atoms with Crippen molar-refractivity contribution in [2.75, 3.05) is 13.1 Å². The monoisotopic (exact) mass is 293 g/mol. The van der Waals surface area contributed by atoms with Crippen LogP contribution in [0.3, 0.4) is 0 Å². The minimum absolute atomic E-state index is 0.0783. The van der Waals surface area contributed by atoms with Gasteiger partial charge in [0, 0.05) is 25.0 Å². The molecule has 1 fully saturated rings. The Morgan fingerprint density at radius 2 is 2.43 bits per heavy atom. The van der Waals surface area contributed by atoms with Gasteiger partial charge in [0.25, 0.3) is 0 Å². The first kappa shape index (κ1) is 15.5. The smallest absolute Gasteiger partial charge is 0.242 e. The fourth-order valence-electron chi connectivity index (χ4n) is 2.34. The standard InChI is InChI=1S/C14H23N5O2/c1-11(10-19-8-4-7-17-19)16-9-13(20)18-12-5-2-3-6-15-14(12)21/h4,7-8,11-12,16H,2-3,5-6,9-10H2,1H3,(H,15,21)(H,18,20)/t11-,12+/m0/s1. The second-order valence-corrected chi connectivity index (χ2v) is 5.42. The van der Waals surface area contributed by atoms with Crippen molar-refractivity contribution in [2.24, 2.45) is 0 Å². The van der Waals surface area contributed by atoms with Crippen molar-refractivity contribution < 1.29 is 9.59 Å². The molecule has 1 saturated heterocycles. The van der Waals surface area contributed by atoms with Crippen LogP contribution in [0, 0.1) is 0 Å². The molecule has 0 unspecified atom stereocenters. The molecule has 2 amide bonds. The Hall–Kier alpha value is -1.89. The zero-order valence-electron chi connectivity index (χ0n) is 12.3. The Balaban J connectivity index is 1.70. The summed E-state index contributed by atoms with van der Waals surface area (Å²) in [4.78, 5) is 23.6. The lowest BCUT2D eigenvalue weighted by Crippen LogP contribution is -2.49. The predicted molar refractivity (Wildman–Crippen MR) is 78.5 cm³/mol. The van der Waals surface area contributed by atoms with Crippen molar-refractivity contribution in [1.29, 1.82) is 0 Å². The van der Waals surface area contributed by atoms with E-state index in [1.54, 1.807) is 6.20 Å². The number of nitrogens with zero attached hydrogens (tertiary/aromatic N) is 2. The molecule has 7 nitrogen and oxygen atoms in total. The summed E-state index contributed by atoms with van der Waals surface area (Å²) in [5.41, 5.74) is 0. The Morgan fingerprint density at radius 3 is 3.19 bits per heavy atom. The van der Waals surface area contributed by atoms with Gasteiger partial charge in [0.1, 0.15) is 6.04 Å². The maximum Gasteiger partial charge on any atom is 0.242 e. The van der Waals surface area contributed by atoms with Crippen LogP contribution < -0.4 is 16.0 Å². The highest BCUT2D eigenvalue weighted by atomic mass is 16.2. The van der Waals surface area contributed by atoms with Gasteiger partial charge in [-0.05, 0) is 32.3 Å². The molecule has 2 heterocycles. The molecule has 0 radical (unpaired) electrons. The molecule has 3 N–H and O–H groups in total. The summed E-state index contributed by atoms with van der Waals surface area (Å²) in [6.45, 7) is 3.59. The van der Waals surface area contributed by atoms with Gasteiger partial charge >= 0.3 is 0 Å². The summed E-state index contributed by atoms with van der Waals surface area (Å²) in [5.74, 6) is -0.227. The van der Waals surface area contributed by atoms with Gasteiger partial charge in [0.2, 0.25) is 11.8 Å². The van der Waals surface area contributed by atoms with Crippen LogP contribution in [-0.4, -0.2) is 46.8 Å². The summed E-state index contributed by atoms with van der Waals surface area (Å²) in [6, 6.07) is 1.59. The van der Waals surface area contributed by atoms with Crippen molar-refractivity contribution >= 4 is 11.8 Å². The van der Waals surface area contributed by atoms with Crippen LogP contribution in [0.15, 0.2) is 18.5 Å². The Labute approximate surface area is 124 Å². The van der Waals surface area contributed by atoms with Gasteiger partial charge in [-0.15, -0.1) is 0 Å². The fourth-order valence-corrected chi connectivity index (χ4v) is 2.34. The largest absolute Gasteiger partial charge is 0.354 e. The average Bonchev–Trinajstić information content (AvgIpc) is 2.88.